The Morgan fingerprint density at radius 3 is 2.72 bits per heavy atom. The zero-order valence-corrected chi connectivity index (χ0v) is 12.1. The molecule has 0 spiro atoms. The van der Waals surface area contributed by atoms with Crippen LogP contribution in [0.5, 0.6) is 0 Å². The minimum absolute atomic E-state index is 0.123. The third kappa shape index (κ3) is 3.92. The Labute approximate surface area is 118 Å². The number of hydrogen-bond acceptors (Lipinski definition) is 3. The van der Waals surface area contributed by atoms with Crippen LogP contribution in [0.2, 0.25) is 0 Å². The van der Waals surface area contributed by atoms with E-state index in [-0.39, 0.29) is 15.4 Å². The molecular weight excluding hydrogens is 321 g/mol. The van der Waals surface area contributed by atoms with Gasteiger partial charge in [0.15, 0.2) is 5.82 Å². The van der Waals surface area contributed by atoms with E-state index < -0.39 is 5.82 Å². The first-order valence-corrected chi connectivity index (χ1v) is 6.39. The summed E-state index contributed by atoms with van der Waals surface area (Å²) in [6.07, 6.45) is 0. The van der Waals surface area contributed by atoms with Crippen molar-refractivity contribution in [2.75, 3.05) is 18.4 Å². The highest BCUT2D eigenvalue weighted by molar-refractivity contribution is 9.10. The lowest BCUT2D eigenvalue weighted by Gasteiger charge is -2.11. The lowest BCUT2D eigenvalue weighted by Crippen LogP contribution is -2.26. The number of amides is 1. The number of halogens is 2. The summed E-state index contributed by atoms with van der Waals surface area (Å²) in [6.45, 7) is 2.27. The maximum Gasteiger partial charge on any atom is 0.216 e. The van der Waals surface area contributed by atoms with Gasteiger partial charge in [-0.25, -0.2) is 4.39 Å². The van der Waals surface area contributed by atoms with Gasteiger partial charge in [0.2, 0.25) is 5.91 Å². The summed E-state index contributed by atoms with van der Waals surface area (Å²) < 4.78 is 14.1. The largest absolute Gasteiger partial charge is 0.389 e. The number of rotatable bonds is 5. The minimum atomic E-state index is -0.455. The van der Waals surface area contributed by atoms with Crippen LogP contribution >= 0.6 is 28.1 Å². The van der Waals surface area contributed by atoms with Crippen LogP contribution in [0.3, 0.4) is 0 Å². The molecule has 0 aliphatic carbocycles. The van der Waals surface area contributed by atoms with Crippen molar-refractivity contribution < 1.29 is 9.18 Å². The van der Waals surface area contributed by atoms with E-state index in [1.807, 2.05) is 0 Å². The normalized spacial score (nSPS) is 9.94. The van der Waals surface area contributed by atoms with Gasteiger partial charge in [0.25, 0.3) is 0 Å². The van der Waals surface area contributed by atoms with Gasteiger partial charge in [0.05, 0.1) is 10.2 Å². The summed E-state index contributed by atoms with van der Waals surface area (Å²) in [6, 6.07) is 3.19. The molecule has 0 bridgehead atoms. The fourth-order valence-electron chi connectivity index (χ4n) is 1.31. The molecule has 98 valence electrons. The Morgan fingerprint density at radius 1 is 1.50 bits per heavy atom. The Morgan fingerprint density at radius 2 is 2.17 bits per heavy atom. The van der Waals surface area contributed by atoms with E-state index in [1.165, 1.54) is 6.92 Å². The predicted molar refractivity (Wildman–Crippen MR) is 77.2 cm³/mol. The second-order valence-electron chi connectivity index (χ2n) is 3.56. The molecule has 0 unspecified atom stereocenters. The number of thiocarbonyl (C=S) groups is 1. The molecule has 1 aromatic rings. The van der Waals surface area contributed by atoms with Crippen molar-refractivity contribution in [1.82, 2.24) is 5.32 Å². The van der Waals surface area contributed by atoms with E-state index in [0.29, 0.717) is 24.3 Å². The van der Waals surface area contributed by atoms with Gasteiger partial charge in [-0.05, 0) is 28.1 Å². The van der Waals surface area contributed by atoms with Crippen molar-refractivity contribution in [3.8, 4) is 0 Å². The van der Waals surface area contributed by atoms with E-state index in [1.54, 1.807) is 12.1 Å². The zero-order valence-electron chi connectivity index (χ0n) is 9.72. The van der Waals surface area contributed by atoms with Crippen LogP contribution in [0, 0.1) is 5.82 Å². The van der Waals surface area contributed by atoms with Gasteiger partial charge in [0, 0.05) is 25.6 Å². The van der Waals surface area contributed by atoms with Crippen LogP contribution < -0.4 is 16.4 Å². The standard InChI is InChI=1S/C11H13BrFN3OS/c1-6(17)15-4-5-16-8-3-2-7(11(14)18)9(12)10(8)13/h2-3,16H,4-5H2,1H3,(H2,14,18)(H,15,17). The molecular formula is C11H13BrFN3OS. The van der Waals surface area contributed by atoms with Crippen LogP contribution in [0.4, 0.5) is 10.1 Å². The average molecular weight is 334 g/mol. The van der Waals surface area contributed by atoms with Gasteiger partial charge in [-0.2, -0.15) is 0 Å². The van der Waals surface area contributed by atoms with E-state index in [4.69, 9.17) is 18.0 Å². The third-order valence-electron chi connectivity index (χ3n) is 2.16. The molecule has 0 atom stereocenters. The van der Waals surface area contributed by atoms with Gasteiger partial charge in [-0.15, -0.1) is 0 Å². The van der Waals surface area contributed by atoms with Crippen molar-refractivity contribution in [2.45, 2.75) is 6.92 Å². The fraction of sp³-hybridized carbons (Fsp3) is 0.273. The van der Waals surface area contributed by atoms with Gasteiger partial charge in [0.1, 0.15) is 4.99 Å². The van der Waals surface area contributed by atoms with Crippen molar-refractivity contribution in [1.29, 1.82) is 0 Å². The molecule has 7 heteroatoms. The molecule has 4 N–H and O–H groups in total. The lowest BCUT2D eigenvalue weighted by atomic mass is 10.2. The summed E-state index contributed by atoms with van der Waals surface area (Å²) in [5.74, 6) is -0.578. The summed E-state index contributed by atoms with van der Waals surface area (Å²) in [5.41, 5.74) is 6.24. The second-order valence-corrected chi connectivity index (χ2v) is 4.80. The number of hydrogen-bond donors (Lipinski definition) is 3. The van der Waals surface area contributed by atoms with Crippen LogP contribution in [0.25, 0.3) is 0 Å². The molecule has 1 aromatic carbocycles. The van der Waals surface area contributed by atoms with Gasteiger partial charge in [-0.1, -0.05) is 12.2 Å². The van der Waals surface area contributed by atoms with E-state index >= 15 is 0 Å². The number of anilines is 1. The van der Waals surface area contributed by atoms with Crippen LogP contribution in [-0.4, -0.2) is 24.0 Å². The predicted octanol–water partition coefficient (Wildman–Crippen LogP) is 1.77. The van der Waals surface area contributed by atoms with Crippen LogP contribution in [-0.2, 0) is 4.79 Å². The van der Waals surface area contributed by atoms with Crippen molar-refractivity contribution in [3.63, 3.8) is 0 Å². The quantitative estimate of drug-likeness (QED) is 0.567. The maximum atomic E-state index is 13.9. The van der Waals surface area contributed by atoms with E-state index in [9.17, 15) is 9.18 Å². The monoisotopic (exact) mass is 333 g/mol. The summed E-state index contributed by atoms with van der Waals surface area (Å²) in [5, 5.41) is 5.47. The highest BCUT2D eigenvalue weighted by Crippen LogP contribution is 2.26. The van der Waals surface area contributed by atoms with E-state index in [2.05, 4.69) is 26.6 Å². The molecule has 18 heavy (non-hydrogen) atoms. The third-order valence-corrected chi connectivity index (χ3v) is 3.16. The summed E-state index contributed by atoms with van der Waals surface area (Å²) in [4.78, 5) is 10.8. The van der Waals surface area contributed by atoms with Crippen molar-refractivity contribution in [2.24, 2.45) is 5.73 Å². The first-order chi connectivity index (χ1) is 8.43. The molecule has 0 aliphatic rings. The summed E-state index contributed by atoms with van der Waals surface area (Å²) >= 11 is 7.91. The molecule has 4 nitrogen and oxygen atoms in total. The number of benzene rings is 1. The molecule has 1 rings (SSSR count). The molecule has 1 amide bonds. The molecule has 0 saturated carbocycles. The lowest BCUT2D eigenvalue weighted by molar-refractivity contribution is -0.118. The highest BCUT2D eigenvalue weighted by Gasteiger charge is 2.12. The SMILES string of the molecule is CC(=O)NCCNc1ccc(C(N)=S)c(Br)c1F. The Bertz CT molecular complexity index is 482. The first kappa shape index (κ1) is 14.8. The number of nitrogens with one attached hydrogen (secondary N) is 2. The minimum Gasteiger partial charge on any atom is -0.389 e. The van der Waals surface area contributed by atoms with E-state index in [0.717, 1.165) is 0 Å². The molecule has 0 aliphatic heterocycles. The van der Waals surface area contributed by atoms with Gasteiger partial charge >= 0.3 is 0 Å². The molecule has 0 radical (unpaired) electrons. The molecule has 0 fully saturated rings. The second kappa shape index (κ2) is 6.65. The first-order valence-electron chi connectivity index (χ1n) is 5.19. The molecule has 0 saturated heterocycles. The van der Waals surface area contributed by atoms with Gasteiger partial charge in [-0.3, -0.25) is 4.79 Å². The smallest absolute Gasteiger partial charge is 0.216 e. The molecule has 0 heterocycles. The average Bonchev–Trinajstić information content (AvgIpc) is 2.29. The topological polar surface area (TPSA) is 67.2 Å². The fourth-order valence-corrected chi connectivity index (χ4v) is 2.17. The maximum absolute atomic E-state index is 13.9. The Kier molecular flexibility index (Phi) is 5.49. The van der Waals surface area contributed by atoms with Crippen molar-refractivity contribution >= 4 is 44.7 Å². The number of nitrogens with two attached hydrogens (primary N) is 1. The van der Waals surface area contributed by atoms with Crippen LogP contribution in [0.15, 0.2) is 16.6 Å². The number of carbonyl (C=O) groups excluding carboxylic acids is 1. The Hall–Kier alpha value is -1.21. The summed E-state index contributed by atoms with van der Waals surface area (Å²) in [7, 11) is 0. The van der Waals surface area contributed by atoms with Crippen LogP contribution in [0.1, 0.15) is 12.5 Å². The highest BCUT2D eigenvalue weighted by atomic mass is 79.9. The van der Waals surface area contributed by atoms with Gasteiger partial charge < -0.3 is 16.4 Å². The molecule has 0 aromatic heterocycles. The van der Waals surface area contributed by atoms with Crippen molar-refractivity contribution in [3.05, 3.63) is 28.0 Å². The zero-order chi connectivity index (χ0) is 13.7. The Balaban J connectivity index is 2.71. The number of carbonyl (C=O) groups is 1.